The number of aromatic nitrogens is 2. The number of nitrogens with one attached hydrogen (secondary N) is 2. The highest BCUT2D eigenvalue weighted by Gasteiger charge is 2.03. The van der Waals surface area contributed by atoms with E-state index in [4.69, 9.17) is 0 Å². The minimum absolute atomic E-state index is 0.0653. The Labute approximate surface area is 87.7 Å². The normalized spacial score (nSPS) is 10.5. The van der Waals surface area contributed by atoms with Gasteiger partial charge in [0.25, 0.3) is 0 Å². The summed E-state index contributed by atoms with van der Waals surface area (Å²) in [6, 6.07) is 5.91. The van der Waals surface area contributed by atoms with E-state index >= 15 is 0 Å². The topological polar surface area (TPSA) is 57.8 Å². The maximum absolute atomic E-state index is 11.1. The third-order valence-corrected chi connectivity index (χ3v) is 2.37. The van der Waals surface area contributed by atoms with Crippen LogP contribution in [-0.4, -0.2) is 16.1 Å². The third-order valence-electron chi connectivity index (χ3n) is 2.37. The Hall–Kier alpha value is -1.84. The van der Waals surface area contributed by atoms with Crippen LogP contribution in [0.4, 0.5) is 0 Å². The molecule has 0 atom stereocenters. The van der Waals surface area contributed by atoms with E-state index < -0.39 is 0 Å². The number of aromatic amines is 1. The molecule has 15 heavy (non-hydrogen) atoms. The highest BCUT2D eigenvalue weighted by molar-refractivity contribution is 5.82. The van der Waals surface area contributed by atoms with Crippen LogP contribution in [0, 0.1) is 0 Å². The Morgan fingerprint density at radius 1 is 1.53 bits per heavy atom. The molecule has 2 N–H and O–H groups in total. The Morgan fingerprint density at radius 2 is 2.40 bits per heavy atom. The quantitative estimate of drug-likeness (QED) is 0.795. The van der Waals surface area contributed by atoms with Gasteiger partial charge in [0.05, 0.1) is 11.7 Å². The zero-order valence-electron chi connectivity index (χ0n) is 8.58. The van der Waals surface area contributed by atoms with Gasteiger partial charge in [0.1, 0.15) is 0 Å². The monoisotopic (exact) mass is 203 g/mol. The number of carbonyl (C=O) groups excluding carboxylic acids is 1. The van der Waals surface area contributed by atoms with E-state index in [9.17, 15) is 4.79 Å². The van der Waals surface area contributed by atoms with Gasteiger partial charge in [0, 0.05) is 18.4 Å². The fourth-order valence-electron chi connectivity index (χ4n) is 1.50. The average Bonchev–Trinajstić information content (AvgIpc) is 2.74. The largest absolute Gasteiger partial charge is 0.352 e. The van der Waals surface area contributed by atoms with Crippen LogP contribution in [0.2, 0.25) is 0 Å². The third kappa shape index (κ3) is 1.98. The molecule has 0 aliphatic heterocycles. The lowest BCUT2D eigenvalue weighted by atomic mass is 10.1. The Bertz CT molecular complexity index is 475. The van der Waals surface area contributed by atoms with Crippen LogP contribution in [0.3, 0.4) is 0 Å². The van der Waals surface area contributed by atoms with Crippen molar-refractivity contribution in [1.82, 2.24) is 15.5 Å². The fourth-order valence-corrected chi connectivity index (χ4v) is 1.50. The predicted octanol–water partition coefficient (Wildman–Crippen LogP) is 1.59. The summed E-state index contributed by atoms with van der Waals surface area (Å²) in [5, 5.41) is 10.8. The highest BCUT2D eigenvalue weighted by Crippen LogP contribution is 2.15. The Kier molecular flexibility index (Phi) is 2.67. The molecular formula is C11H13N3O. The lowest BCUT2D eigenvalue weighted by Crippen LogP contribution is -2.21. The molecule has 0 saturated heterocycles. The molecule has 1 aromatic carbocycles. The first-order chi connectivity index (χ1) is 7.31. The first kappa shape index (κ1) is 9.71. The van der Waals surface area contributed by atoms with Crippen LogP contribution < -0.4 is 5.32 Å². The summed E-state index contributed by atoms with van der Waals surface area (Å²) in [4.78, 5) is 11.1. The first-order valence-corrected chi connectivity index (χ1v) is 4.99. The summed E-state index contributed by atoms with van der Waals surface area (Å²) in [7, 11) is 0. The number of fused-ring (bicyclic) bond motifs is 1. The molecule has 2 rings (SSSR count). The number of hydrogen-bond acceptors (Lipinski definition) is 2. The molecule has 1 amide bonds. The first-order valence-electron chi connectivity index (χ1n) is 4.99. The van der Waals surface area contributed by atoms with Gasteiger partial charge >= 0.3 is 0 Å². The van der Waals surface area contributed by atoms with E-state index in [1.807, 2.05) is 25.1 Å². The van der Waals surface area contributed by atoms with Gasteiger partial charge in [-0.2, -0.15) is 5.10 Å². The van der Waals surface area contributed by atoms with Gasteiger partial charge < -0.3 is 5.32 Å². The van der Waals surface area contributed by atoms with Gasteiger partial charge in [-0.25, -0.2) is 0 Å². The number of benzene rings is 1. The molecule has 1 aromatic heterocycles. The van der Waals surface area contributed by atoms with E-state index in [0.717, 1.165) is 16.5 Å². The zero-order chi connectivity index (χ0) is 10.7. The van der Waals surface area contributed by atoms with Crippen LogP contribution in [-0.2, 0) is 11.3 Å². The van der Waals surface area contributed by atoms with Crippen molar-refractivity contribution in [2.24, 2.45) is 0 Å². The van der Waals surface area contributed by atoms with Crippen LogP contribution >= 0.6 is 0 Å². The highest BCUT2D eigenvalue weighted by atomic mass is 16.1. The predicted molar refractivity (Wildman–Crippen MR) is 58.2 cm³/mol. The summed E-state index contributed by atoms with van der Waals surface area (Å²) in [5.41, 5.74) is 2.08. The van der Waals surface area contributed by atoms with Crippen LogP contribution in [0.15, 0.2) is 24.4 Å². The number of rotatable bonds is 3. The van der Waals surface area contributed by atoms with Gasteiger partial charge in [-0.3, -0.25) is 9.89 Å². The van der Waals surface area contributed by atoms with Crippen molar-refractivity contribution >= 4 is 16.8 Å². The average molecular weight is 203 g/mol. The smallest absolute Gasteiger partial charge is 0.219 e. The van der Waals surface area contributed by atoms with E-state index in [2.05, 4.69) is 15.5 Å². The molecule has 2 aromatic rings. The zero-order valence-corrected chi connectivity index (χ0v) is 8.58. The van der Waals surface area contributed by atoms with Gasteiger partial charge in [-0.1, -0.05) is 19.1 Å². The lowest BCUT2D eigenvalue weighted by Gasteiger charge is -2.04. The van der Waals surface area contributed by atoms with Crippen LogP contribution in [0.5, 0.6) is 0 Å². The number of carbonyl (C=O) groups is 1. The molecule has 0 aliphatic rings. The molecule has 0 fully saturated rings. The summed E-state index contributed by atoms with van der Waals surface area (Å²) in [6.07, 6.45) is 2.30. The molecule has 0 spiro atoms. The van der Waals surface area contributed by atoms with Gasteiger partial charge in [-0.15, -0.1) is 0 Å². The number of nitrogens with zero attached hydrogens (tertiary/aromatic N) is 1. The summed E-state index contributed by atoms with van der Waals surface area (Å²) < 4.78 is 0. The van der Waals surface area contributed by atoms with Crippen molar-refractivity contribution in [3.63, 3.8) is 0 Å². The molecule has 0 saturated carbocycles. The molecule has 4 heteroatoms. The second-order valence-electron chi connectivity index (χ2n) is 3.38. The van der Waals surface area contributed by atoms with E-state index in [1.165, 1.54) is 0 Å². The van der Waals surface area contributed by atoms with E-state index in [-0.39, 0.29) is 5.91 Å². The molecule has 1 heterocycles. The number of H-pyrrole nitrogens is 1. The van der Waals surface area contributed by atoms with Crippen molar-refractivity contribution in [3.05, 3.63) is 30.0 Å². The summed E-state index contributed by atoms with van der Waals surface area (Å²) >= 11 is 0. The molecule has 4 nitrogen and oxygen atoms in total. The molecular weight excluding hydrogens is 190 g/mol. The van der Waals surface area contributed by atoms with Crippen molar-refractivity contribution in [1.29, 1.82) is 0 Å². The summed E-state index contributed by atoms with van der Waals surface area (Å²) in [6.45, 7) is 2.40. The fraction of sp³-hybridized carbons (Fsp3) is 0.273. The maximum Gasteiger partial charge on any atom is 0.219 e. The van der Waals surface area contributed by atoms with Gasteiger partial charge in [0.2, 0.25) is 5.91 Å². The molecule has 0 radical (unpaired) electrons. The number of hydrogen-bond donors (Lipinski definition) is 2. The number of amides is 1. The lowest BCUT2D eigenvalue weighted by molar-refractivity contribution is -0.120. The van der Waals surface area contributed by atoms with Crippen molar-refractivity contribution in [2.45, 2.75) is 19.9 Å². The van der Waals surface area contributed by atoms with Gasteiger partial charge in [0.15, 0.2) is 0 Å². The molecule has 0 unspecified atom stereocenters. The SMILES string of the molecule is CCC(=O)NCc1cccc2[nH]ncc12. The molecule has 0 aliphatic carbocycles. The van der Waals surface area contributed by atoms with Crippen molar-refractivity contribution in [3.8, 4) is 0 Å². The standard InChI is InChI=1S/C11H13N3O/c1-2-11(15)12-6-8-4-3-5-10-9(8)7-13-14-10/h3-5,7H,2,6H2,1H3,(H,12,15)(H,13,14). The molecule has 78 valence electrons. The van der Waals surface area contributed by atoms with E-state index in [1.54, 1.807) is 6.20 Å². The Balaban J connectivity index is 2.20. The summed E-state index contributed by atoms with van der Waals surface area (Å²) in [5.74, 6) is 0.0653. The second kappa shape index (κ2) is 4.13. The van der Waals surface area contributed by atoms with Crippen molar-refractivity contribution in [2.75, 3.05) is 0 Å². The van der Waals surface area contributed by atoms with E-state index in [0.29, 0.717) is 13.0 Å². The maximum atomic E-state index is 11.1. The van der Waals surface area contributed by atoms with Crippen molar-refractivity contribution < 1.29 is 4.79 Å². The minimum Gasteiger partial charge on any atom is -0.352 e. The van der Waals surface area contributed by atoms with Crippen LogP contribution in [0.25, 0.3) is 10.9 Å². The Morgan fingerprint density at radius 3 is 3.20 bits per heavy atom. The minimum atomic E-state index is 0.0653. The van der Waals surface area contributed by atoms with Gasteiger partial charge in [-0.05, 0) is 11.6 Å². The van der Waals surface area contributed by atoms with Crippen LogP contribution in [0.1, 0.15) is 18.9 Å². The second-order valence-corrected chi connectivity index (χ2v) is 3.38. The molecule has 0 bridgehead atoms.